The zero-order chi connectivity index (χ0) is 17.0. The molecule has 0 aliphatic heterocycles. The third-order valence-electron chi connectivity index (χ3n) is 4.90. The maximum atomic E-state index is 9.91. The average Bonchev–Trinajstić information content (AvgIpc) is 2.94. The molecule has 1 fully saturated rings. The zero-order valence-corrected chi connectivity index (χ0v) is 14.3. The zero-order valence-electron chi connectivity index (χ0n) is 14.3. The average molecular weight is 325 g/mol. The first-order valence-electron chi connectivity index (χ1n) is 8.84. The molecule has 0 amide bonds. The van der Waals surface area contributed by atoms with Crippen molar-refractivity contribution in [3.63, 3.8) is 0 Å². The van der Waals surface area contributed by atoms with Gasteiger partial charge in [0.1, 0.15) is 11.5 Å². The Balaban J connectivity index is 1.49. The molecule has 128 valence electrons. The molecule has 3 nitrogen and oxygen atoms in total. The molecule has 0 unspecified atom stereocenters. The van der Waals surface area contributed by atoms with Crippen LogP contribution in [0.1, 0.15) is 49.7 Å². The number of ether oxygens (including phenoxy) is 1. The van der Waals surface area contributed by atoms with Gasteiger partial charge in [-0.2, -0.15) is 0 Å². The number of aliphatic hydroxyl groups is 1. The van der Waals surface area contributed by atoms with Crippen LogP contribution in [0.4, 0.5) is 0 Å². The Labute approximate surface area is 144 Å². The van der Waals surface area contributed by atoms with Crippen molar-refractivity contribution in [3.05, 3.63) is 65.7 Å². The lowest BCUT2D eigenvalue weighted by Gasteiger charge is -2.17. The quantitative estimate of drug-likeness (QED) is 0.789. The van der Waals surface area contributed by atoms with Crippen molar-refractivity contribution in [1.82, 2.24) is 0 Å². The van der Waals surface area contributed by atoms with Gasteiger partial charge in [0, 0.05) is 0 Å². The Bertz CT molecular complexity index is 637. The van der Waals surface area contributed by atoms with Gasteiger partial charge in [-0.15, -0.1) is 0 Å². The van der Waals surface area contributed by atoms with Crippen LogP contribution in [0.2, 0.25) is 0 Å². The number of benzene rings is 2. The van der Waals surface area contributed by atoms with Crippen molar-refractivity contribution in [3.8, 4) is 5.75 Å². The highest BCUT2D eigenvalue weighted by atomic mass is 16.5. The predicted octanol–water partition coefficient (Wildman–Crippen LogP) is 4.00. The molecule has 3 N–H and O–H groups in total. The van der Waals surface area contributed by atoms with Crippen LogP contribution in [0.3, 0.4) is 0 Å². The minimum Gasteiger partial charge on any atom is -0.491 e. The third-order valence-corrected chi connectivity index (χ3v) is 4.90. The van der Waals surface area contributed by atoms with E-state index in [1.54, 1.807) is 0 Å². The summed E-state index contributed by atoms with van der Waals surface area (Å²) in [5.74, 6) is 1.31. The van der Waals surface area contributed by atoms with E-state index in [9.17, 15) is 5.11 Å². The molecular weight excluding hydrogens is 298 g/mol. The third kappa shape index (κ3) is 4.59. The summed E-state index contributed by atoms with van der Waals surface area (Å²) in [6.45, 7) is 2.11. The largest absolute Gasteiger partial charge is 0.491 e. The van der Waals surface area contributed by atoms with Gasteiger partial charge < -0.3 is 15.6 Å². The SMILES string of the molecule is C[C@@H](CCc1ccc([C@@H]2CC[C@](N)(O)C2)cc1)Oc1ccccc1. The lowest BCUT2D eigenvalue weighted by Crippen LogP contribution is -2.35. The summed E-state index contributed by atoms with van der Waals surface area (Å²) in [5.41, 5.74) is 7.45. The van der Waals surface area contributed by atoms with Crippen LogP contribution in [0, 0.1) is 0 Å². The van der Waals surface area contributed by atoms with Gasteiger partial charge in [0.05, 0.1) is 6.10 Å². The number of nitrogens with two attached hydrogens (primary N) is 1. The fourth-order valence-electron chi connectivity index (χ4n) is 3.46. The minimum absolute atomic E-state index is 0.189. The first-order chi connectivity index (χ1) is 11.5. The number of hydrogen-bond acceptors (Lipinski definition) is 3. The first kappa shape index (κ1) is 17.0. The molecule has 1 saturated carbocycles. The highest BCUT2D eigenvalue weighted by Crippen LogP contribution is 2.38. The Morgan fingerprint density at radius 3 is 2.50 bits per heavy atom. The summed E-state index contributed by atoms with van der Waals surface area (Å²) in [6.07, 6.45) is 4.49. The van der Waals surface area contributed by atoms with Crippen LogP contribution >= 0.6 is 0 Å². The molecule has 1 aliphatic carbocycles. The normalized spacial score (nSPS) is 24.7. The van der Waals surface area contributed by atoms with Crippen LogP contribution in [0.5, 0.6) is 5.75 Å². The van der Waals surface area contributed by atoms with Crippen LogP contribution in [0.25, 0.3) is 0 Å². The first-order valence-corrected chi connectivity index (χ1v) is 8.84. The highest BCUT2D eigenvalue weighted by Gasteiger charge is 2.34. The summed E-state index contributed by atoms with van der Waals surface area (Å²) in [7, 11) is 0. The molecule has 0 spiro atoms. The second kappa shape index (κ2) is 7.37. The maximum absolute atomic E-state index is 9.91. The van der Waals surface area contributed by atoms with Crippen molar-refractivity contribution in [2.75, 3.05) is 0 Å². The molecule has 0 saturated heterocycles. The van der Waals surface area contributed by atoms with E-state index in [0.717, 1.165) is 25.0 Å². The van der Waals surface area contributed by atoms with Gasteiger partial charge in [-0.1, -0.05) is 42.5 Å². The van der Waals surface area contributed by atoms with Gasteiger partial charge >= 0.3 is 0 Å². The van der Waals surface area contributed by atoms with Crippen molar-refractivity contribution in [2.24, 2.45) is 5.73 Å². The van der Waals surface area contributed by atoms with Crippen molar-refractivity contribution >= 4 is 0 Å². The molecule has 0 radical (unpaired) electrons. The van der Waals surface area contributed by atoms with Crippen LogP contribution < -0.4 is 10.5 Å². The Hall–Kier alpha value is -1.84. The topological polar surface area (TPSA) is 55.5 Å². The van der Waals surface area contributed by atoms with E-state index >= 15 is 0 Å². The molecule has 0 bridgehead atoms. The van der Waals surface area contributed by atoms with Crippen LogP contribution in [-0.4, -0.2) is 16.9 Å². The van der Waals surface area contributed by atoms with Gasteiger partial charge in [0.25, 0.3) is 0 Å². The molecule has 0 aromatic heterocycles. The molecule has 24 heavy (non-hydrogen) atoms. The van der Waals surface area contributed by atoms with E-state index in [0.29, 0.717) is 18.8 Å². The smallest absolute Gasteiger partial charge is 0.119 e. The summed E-state index contributed by atoms with van der Waals surface area (Å²) >= 11 is 0. The fourth-order valence-corrected chi connectivity index (χ4v) is 3.46. The minimum atomic E-state index is -0.979. The lowest BCUT2D eigenvalue weighted by molar-refractivity contribution is 0.0533. The summed E-state index contributed by atoms with van der Waals surface area (Å²) in [4.78, 5) is 0. The summed E-state index contributed by atoms with van der Waals surface area (Å²) in [5, 5.41) is 9.91. The molecule has 2 aromatic rings. The summed E-state index contributed by atoms with van der Waals surface area (Å²) < 4.78 is 5.92. The number of para-hydroxylation sites is 1. The molecule has 2 aromatic carbocycles. The number of aryl methyl sites for hydroxylation is 1. The number of rotatable bonds is 6. The molecule has 3 atom stereocenters. The van der Waals surface area contributed by atoms with Gasteiger partial charge in [-0.05, 0) is 68.2 Å². The standard InChI is InChI=1S/C21H27NO2/c1-16(24-20-5-3-2-4-6-20)7-8-17-9-11-18(12-10-17)19-13-14-21(22,23)15-19/h2-6,9-12,16,19,23H,7-8,13-15,22H2,1H3/t16-,19+,21-/m0/s1. The van der Waals surface area contributed by atoms with Gasteiger partial charge in [0.2, 0.25) is 0 Å². The van der Waals surface area contributed by atoms with E-state index in [-0.39, 0.29) is 6.10 Å². The van der Waals surface area contributed by atoms with Crippen LogP contribution in [0.15, 0.2) is 54.6 Å². The summed E-state index contributed by atoms with van der Waals surface area (Å²) in [6, 6.07) is 18.7. The van der Waals surface area contributed by atoms with E-state index in [2.05, 4.69) is 31.2 Å². The molecule has 0 heterocycles. The second-order valence-electron chi connectivity index (χ2n) is 7.07. The predicted molar refractivity (Wildman–Crippen MR) is 97.0 cm³/mol. The molecule has 3 heteroatoms. The number of hydrogen-bond donors (Lipinski definition) is 2. The molecular formula is C21H27NO2. The second-order valence-corrected chi connectivity index (χ2v) is 7.07. The van der Waals surface area contributed by atoms with E-state index < -0.39 is 5.72 Å². The monoisotopic (exact) mass is 325 g/mol. The van der Waals surface area contributed by atoms with Gasteiger partial charge in [-0.25, -0.2) is 0 Å². The Morgan fingerprint density at radius 1 is 1.17 bits per heavy atom. The fraction of sp³-hybridized carbons (Fsp3) is 0.429. The van der Waals surface area contributed by atoms with Crippen molar-refractivity contribution < 1.29 is 9.84 Å². The van der Waals surface area contributed by atoms with Gasteiger partial charge in [0.15, 0.2) is 0 Å². The maximum Gasteiger partial charge on any atom is 0.119 e. The molecule has 3 rings (SSSR count). The van der Waals surface area contributed by atoms with E-state index in [4.69, 9.17) is 10.5 Å². The van der Waals surface area contributed by atoms with E-state index in [1.807, 2.05) is 30.3 Å². The Kier molecular flexibility index (Phi) is 5.22. The Morgan fingerprint density at radius 2 is 1.88 bits per heavy atom. The highest BCUT2D eigenvalue weighted by molar-refractivity contribution is 5.27. The molecule has 1 aliphatic rings. The van der Waals surface area contributed by atoms with Gasteiger partial charge in [-0.3, -0.25) is 0 Å². The van der Waals surface area contributed by atoms with Crippen molar-refractivity contribution in [1.29, 1.82) is 0 Å². The van der Waals surface area contributed by atoms with Crippen LogP contribution in [-0.2, 0) is 6.42 Å². The van der Waals surface area contributed by atoms with E-state index in [1.165, 1.54) is 11.1 Å². The lowest BCUT2D eigenvalue weighted by atomic mass is 9.95. The van der Waals surface area contributed by atoms with Crippen molar-refractivity contribution in [2.45, 2.75) is 56.8 Å².